The second-order valence-electron chi connectivity index (χ2n) is 7.35. The molecule has 0 unspecified atom stereocenters. The van der Waals surface area contributed by atoms with Crippen LogP contribution in [-0.2, 0) is 13.6 Å². The monoisotopic (exact) mass is 456 g/mol. The maximum atomic E-state index is 12.0. The molecule has 0 aliphatic carbocycles. The van der Waals surface area contributed by atoms with Crippen LogP contribution in [0.2, 0.25) is 0 Å². The molecule has 0 aromatic carbocycles. The van der Waals surface area contributed by atoms with E-state index in [-0.39, 0.29) is 26.4 Å². The predicted octanol–water partition coefficient (Wildman–Crippen LogP) is 1.10. The lowest BCUT2D eigenvalue weighted by atomic mass is 10.2. The molecule has 0 aromatic heterocycles. The van der Waals surface area contributed by atoms with Crippen LogP contribution in [0.15, 0.2) is 0 Å². The van der Waals surface area contributed by atoms with Crippen molar-refractivity contribution in [3.05, 3.63) is 0 Å². The minimum absolute atomic E-state index is 0.180. The fraction of sp³-hybridized carbons (Fsp3) is 1.00. The Morgan fingerprint density at radius 2 is 0.800 bits per heavy atom. The smallest absolute Gasteiger partial charge is 0.319 e. The summed E-state index contributed by atoms with van der Waals surface area (Å²) in [6.45, 7) is 6.02. The first-order chi connectivity index (χ1) is 14.7. The third-order valence-electron chi connectivity index (χ3n) is 4.78. The molecule has 0 heterocycles. The molecule has 9 nitrogen and oxygen atoms in total. The van der Waals surface area contributed by atoms with Crippen molar-refractivity contribution in [1.29, 1.82) is 0 Å². The van der Waals surface area contributed by atoms with Gasteiger partial charge < -0.3 is 39.3 Å². The Morgan fingerprint density at radius 3 is 1.07 bits per heavy atom. The van der Waals surface area contributed by atoms with Gasteiger partial charge in [-0.05, 0) is 77.5 Å². The van der Waals surface area contributed by atoms with E-state index in [1.807, 2.05) is 0 Å². The normalized spacial score (nSPS) is 12.0. The molecular weight excluding hydrogens is 411 g/mol. The van der Waals surface area contributed by atoms with Gasteiger partial charge in [0.25, 0.3) is 0 Å². The zero-order valence-electron chi connectivity index (χ0n) is 18.6. The Kier molecular flexibility index (Phi) is 23.5. The van der Waals surface area contributed by atoms with Crippen molar-refractivity contribution in [3.63, 3.8) is 0 Å². The van der Waals surface area contributed by atoms with Crippen LogP contribution < -0.4 is 0 Å². The van der Waals surface area contributed by atoms with Crippen LogP contribution in [0.3, 0.4) is 0 Å². The van der Waals surface area contributed by atoms with Gasteiger partial charge in [0.2, 0.25) is 0 Å². The summed E-state index contributed by atoms with van der Waals surface area (Å²) < 4.78 is 22.7. The molecule has 0 spiro atoms. The summed E-state index contributed by atoms with van der Waals surface area (Å²) in [5, 5.41) is 35.7. The number of hydrogen-bond acceptors (Lipinski definition) is 9. The molecule has 0 aliphatic rings. The molecule has 0 saturated heterocycles. The Morgan fingerprint density at radius 1 is 0.500 bits per heavy atom. The van der Waals surface area contributed by atoms with E-state index in [0.717, 1.165) is 77.5 Å². The van der Waals surface area contributed by atoms with Gasteiger partial charge in [0.05, 0.1) is 13.2 Å². The fourth-order valence-corrected chi connectivity index (χ4v) is 3.62. The lowest BCUT2D eigenvalue weighted by Crippen LogP contribution is -2.30. The predicted molar refractivity (Wildman–Crippen MR) is 119 cm³/mol. The minimum atomic E-state index is -2.54. The third-order valence-corrected chi connectivity index (χ3v) is 5.66. The van der Waals surface area contributed by atoms with Crippen molar-refractivity contribution in [2.45, 2.75) is 51.4 Å². The molecule has 0 saturated carbocycles. The maximum absolute atomic E-state index is 12.0. The van der Waals surface area contributed by atoms with Crippen LogP contribution in [0.1, 0.15) is 51.4 Å². The minimum Gasteiger partial charge on any atom is -0.396 e. The molecule has 4 N–H and O–H groups in total. The lowest BCUT2D eigenvalue weighted by Gasteiger charge is -2.23. The van der Waals surface area contributed by atoms with Gasteiger partial charge in [-0.2, -0.15) is 0 Å². The average molecular weight is 457 g/mol. The summed E-state index contributed by atoms with van der Waals surface area (Å²) in [5.41, 5.74) is 0. The fourth-order valence-electron chi connectivity index (χ4n) is 3.02. The second kappa shape index (κ2) is 23.6. The highest BCUT2D eigenvalue weighted by Gasteiger charge is 2.09. The summed E-state index contributed by atoms with van der Waals surface area (Å²) in [6.07, 6.45) is 6.59. The van der Waals surface area contributed by atoms with Crippen LogP contribution in [0.4, 0.5) is 0 Å². The van der Waals surface area contributed by atoms with Crippen molar-refractivity contribution >= 4 is 8.25 Å². The van der Waals surface area contributed by atoms with E-state index in [9.17, 15) is 4.57 Å². The van der Waals surface area contributed by atoms with Gasteiger partial charge in [-0.25, -0.2) is 0 Å². The van der Waals surface area contributed by atoms with E-state index in [1.165, 1.54) is 0 Å². The van der Waals surface area contributed by atoms with E-state index in [0.29, 0.717) is 26.3 Å². The van der Waals surface area contributed by atoms with Crippen molar-refractivity contribution in [3.8, 4) is 0 Å². The van der Waals surface area contributed by atoms with Gasteiger partial charge >= 0.3 is 8.25 Å². The zero-order valence-corrected chi connectivity index (χ0v) is 19.6. The summed E-state index contributed by atoms with van der Waals surface area (Å²) in [4.78, 5) is 4.40. The Bertz CT molecular complexity index is 329. The van der Waals surface area contributed by atoms with Crippen LogP contribution >= 0.6 is 8.25 Å². The maximum Gasteiger partial charge on any atom is 0.319 e. The molecule has 0 amide bonds. The number of aliphatic hydroxyl groups excluding tert-OH is 4. The summed E-state index contributed by atoms with van der Waals surface area (Å²) in [6, 6.07) is 0. The molecule has 182 valence electrons. The first kappa shape index (κ1) is 29.9. The number of rotatable bonds is 24. The van der Waals surface area contributed by atoms with Gasteiger partial charge in [0.1, 0.15) is 0 Å². The van der Waals surface area contributed by atoms with Gasteiger partial charge in [0.15, 0.2) is 0 Å². The molecule has 0 aliphatic heterocycles. The highest BCUT2D eigenvalue weighted by atomic mass is 31.1. The van der Waals surface area contributed by atoms with Crippen molar-refractivity contribution in [1.82, 2.24) is 9.80 Å². The molecule has 0 radical (unpaired) electrons. The zero-order chi connectivity index (χ0) is 22.3. The molecule has 10 heteroatoms. The number of hydrogen-bond donors (Lipinski definition) is 4. The Hall–Kier alpha value is -0.0900. The Balaban J connectivity index is 4.06. The largest absolute Gasteiger partial charge is 0.396 e. The second-order valence-corrected chi connectivity index (χ2v) is 8.43. The first-order valence-electron chi connectivity index (χ1n) is 11.4. The van der Waals surface area contributed by atoms with Gasteiger partial charge in [-0.15, -0.1) is 0 Å². The molecule has 30 heavy (non-hydrogen) atoms. The molecule has 0 aromatic rings. The molecular formula is C20H45N2O7P. The number of unbranched alkanes of at least 4 members (excludes halogenated alkanes) is 4. The number of nitrogens with zero attached hydrogens (tertiary/aromatic N) is 2. The summed E-state index contributed by atoms with van der Waals surface area (Å²) >= 11 is 0. The van der Waals surface area contributed by atoms with Crippen LogP contribution in [0.5, 0.6) is 0 Å². The molecule has 0 bridgehead atoms. The van der Waals surface area contributed by atoms with Gasteiger partial charge in [-0.3, -0.25) is 4.57 Å². The van der Waals surface area contributed by atoms with Crippen LogP contribution in [0, 0.1) is 0 Å². The molecule has 0 fully saturated rings. The first-order valence-corrected chi connectivity index (χ1v) is 12.6. The Labute approximate surface area is 182 Å². The van der Waals surface area contributed by atoms with Crippen LogP contribution in [0.25, 0.3) is 0 Å². The average Bonchev–Trinajstić information content (AvgIpc) is 2.73. The van der Waals surface area contributed by atoms with Gasteiger partial charge in [-0.1, -0.05) is 0 Å². The van der Waals surface area contributed by atoms with Crippen LogP contribution in [-0.4, -0.2) is 109 Å². The lowest BCUT2D eigenvalue weighted by molar-refractivity contribution is 0.157. The third kappa shape index (κ3) is 19.8. The van der Waals surface area contributed by atoms with Gasteiger partial charge in [0, 0.05) is 39.5 Å². The van der Waals surface area contributed by atoms with E-state index >= 15 is 0 Å². The van der Waals surface area contributed by atoms with E-state index in [2.05, 4.69) is 9.80 Å². The summed E-state index contributed by atoms with van der Waals surface area (Å²) in [5.74, 6) is 0. The van der Waals surface area contributed by atoms with E-state index in [4.69, 9.17) is 29.5 Å². The van der Waals surface area contributed by atoms with E-state index < -0.39 is 8.25 Å². The van der Waals surface area contributed by atoms with E-state index in [1.54, 1.807) is 0 Å². The quantitative estimate of drug-likeness (QED) is 0.125. The highest BCUT2D eigenvalue weighted by Crippen LogP contribution is 2.23. The highest BCUT2D eigenvalue weighted by molar-refractivity contribution is 7.33. The van der Waals surface area contributed by atoms with Crippen molar-refractivity contribution in [2.24, 2.45) is 0 Å². The standard InChI is InChI=1S/C20H45N2O7P/c23-15-5-1-9-21(10-2-6-16-24)13-19-28-30(27)29-20-14-22(11-3-7-17-25)12-4-8-18-26/h23-26,30H,1-20H2. The van der Waals surface area contributed by atoms with Crippen molar-refractivity contribution < 1.29 is 34.0 Å². The summed E-state index contributed by atoms with van der Waals surface area (Å²) in [7, 11) is -2.54. The molecule has 0 rings (SSSR count). The van der Waals surface area contributed by atoms with Crippen molar-refractivity contribution in [2.75, 3.05) is 78.9 Å². The number of aliphatic hydroxyl groups is 4. The molecule has 0 atom stereocenters. The topological polar surface area (TPSA) is 123 Å². The SMILES string of the molecule is O=[PH](OCCN(CCCCO)CCCCO)OCCN(CCCCO)CCCCO.